The molecule has 0 saturated carbocycles. The van der Waals surface area contributed by atoms with Crippen LogP contribution in [0, 0.1) is 12.3 Å². The molecule has 96 valence electrons. The molecule has 0 aromatic rings. The van der Waals surface area contributed by atoms with Crippen molar-refractivity contribution in [2.45, 2.75) is 19.3 Å². The van der Waals surface area contributed by atoms with Crippen molar-refractivity contribution in [2.24, 2.45) is 0 Å². The quantitative estimate of drug-likeness (QED) is 0.456. The lowest BCUT2D eigenvalue weighted by atomic mass is 10.3. The zero-order chi connectivity index (χ0) is 13.1. The van der Waals surface area contributed by atoms with Gasteiger partial charge in [0.15, 0.2) is 0 Å². The summed E-state index contributed by atoms with van der Waals surface area (Å²) in [6.45, 7) is 1.72. The molecule has 0 saturated heterocycles. The molecular weight excluding hydrogens is 222 g/mol. The maximum absolute atomic E-state index is 11.0. The van der Waals surface area contributed by atoms with E-state index in [1.165, 1.54) is 14.2 Å². The number of terminal acetylenes is 1. The van der Waals surface area contributed by atoms with Crippen LogP contribution in [-0.4, -0.2) is 50.7 Å². The van der Waals surface area contributed by atoms with Crippen molar-refractivity contribution in [3.8, 4) is 12.3 Å². The molecule has 17 heavy (non-hydrogen) atoms. The predicted octanol–water partition coefficient (Wildman–Crippen LogP) is 0.438. The molecule has 0 aliphatic heterocycles. The van der Waals surface area contributed by atoms with Crippen LogP contribution in [0.2, 0.25) is 0 Å². The van der Waals surface area contributed by atoms with Crippen molar-refractivity contribution in [1.29, 1.82) is 0 Å². The van der Waals surface area contributed by atoms with Crippen LogP contribution in [0.5, 0.6) is 0 Å². The Kier molecular flexibility index (Phi) is 8.79. The minimum atomic E-state index is -0.270. The number of methoxy groups -OCH3 is 2. The van der Waals surface area contributed by atoms with Crippen molar-refractivity contribution in [1.82, 2.24) is 4.90 Å². The summed E-state index contributed by atoms with van der Waals surface area (Å²) >= 11 is 0. The van der Waals surface area contributed by atoms with Crippen molar-refractivity contribution >= 4 is 11.9 Å². The number of carbonyl (C=O) groups is 2. The molecule has 0 aliphatic carbocycles. The van der Waals surface area contributed by atoms with Crippen LogP contribution in [-0.2, 0) is 19.1 Å². The Morgan fingerprint density at radius 2 is 1.53 bits per heavy atom. The van der Waals surface area contributed by atoms with Crippen LogP contribution in [0.1, 0.15) is 19.3 Å². The second kappa shape index (κ2) is 9.67. The monoisotopic (exact) mass is 241 g/mol. The summed E-state index contributed by atoms with van der Waals surface area (Å²) < 4.78 is 9.11. The average molecular weight is 241 g/mol. The van der Waals surface area contributed by atoms with E-state index in [1.54, 1.807) is 0 Å². The van der Waals surface area contributed by atoms with Crippen molar-refractivity contribution < 1.29 is 19.1 Å². The van der Waals surface area contributed by atoms with Crippen LogP contribution in [0.25, 0.3) is 0 Å². The molecule has 0 heterocycles. The molecule has 0 fully saturated rings. The lowest BCUT2D eigenvalue weighted by Gasteiger charge is -2.19. The van der Waals surface area contributed by atoms with Crippen molar-refractivity contribution in [3.63, 3.8) is 0 Å². The third-order valence-corrected chi connectivity index (χ3v) is 2.29. The third-order valence-electron chi connectivity index (χ3n) is 2.29. The molecule has 0 aromatic carbocycles. The molecular formula is C12H19NO4. The second-order valence-electron chi connectivity index (χ2n) is 3.45. The second-order valence-corrected chi connectivity index (χ2v) is 3.45. The highest BCUT2D eigenvalue weighted by atomic mass is 16.5. The maximum Gasteiger partial charge on any atom is 0.306 e. The molecule has 0 radical (unpaired) electrons. The summed E-state index contributed by atoms with van der Waals surface area (Å²) in [7, 11) is 2.70. The minimum absolute atomic E-state index is 0.270. The smallest absolute Gasteiger partial charge is 0.306 e. The highest BCUT2D eigenvalue weighted by Crippen LogP contribution is 1.98. The van der Waals surface area contributed by atoms with Gasteiger partial charge in [-0.3, -0.25) is 9.59 Å². The maximum atomic E-state index is 11.0. The number of hydrogen-bond donors (Lipinski definition) is 0. The molecule has 0 N–H and O–H groups in total. The minimum Gasteiger partial charge on any atom is -0.469 e. The van der Waals surface area contributed by atoms with E-state index < -0.39 is 0 Å². The van der Waals surface area contributed by atoms with Crippen LogP contribution in [0.3, 0.4) is 0 Å². The van der Waals surface area contributed by atoms with Gasteiger partial charge in [0.05, 0.1) is 27.1 Å². The van der Waals surface area contributed by atoms with E-state index in [-0.39, 0.29) is 11.9 Å². The fraction of sp³-hybridized carbons (Fsp3) is 0.667. The molecule has 0 atom stereocenters. The van der Waals surface area contributed by atoms with E-state index in [1.807, 2.05) is 4.90 Å². The zero-order valence-electron chi connectivity index (χ0n) is 10.4. The topological polar surface area (TPSA) is 55.8 Å². The Morgan fingerprint density at radius 1 is 1.06 bits per heavy atom. The van der Waals surface area contributed by atoms with Crippen molar-refractivity contribution in [3.05, 3.63) is 0 Å². The van der Waals surface area contributed by atoms with Gasteiger partial charge in [-0.15, -0.1) is 12.3 Å². The van der Waals surface area contributed by atoms with Gasteiger partial charge in [-0.1, -0.05) is 0 Å². The Balaban J connectivity index is 4.00. The van der Waals surface area contributed by atoms with Gasteiger partial charge in [-0.2, -0.15) is 0 Å². The first-order valence-electron chi connectivity index (χ1n) is 5.43. The van der Waals surface area contributed by atoms with Gasteiger partial charge in [0.2, 0.25) is 0 Å². The van der Waals surface area contributed by atoms with Gasteiger partial charge in [0, 0.05) is 26.1 Å². The Morgan fingerprint density at radius 3 is 1.88 bits per heavy atom. The highest BCUT2D eigenvalue weighted by molar-refractivity contribution is 5.70. The zero-order valence-corrected chi connectivity index (χ0v) is 10.4. The van der Waals surface area contributed by atoms with E-state index >= 15 is 0 Å². The van der Waals surface area contributed by atoms with Crippen LogP contribution >= 0.6 is 0 Å². The number of ether oxygens (including phenoxy) is 2. The molecule has 0 spiro atoms. The molecule has 0 amide bonds. The van der Waals surface area contributed by atoms with E-state index in [4.69, 9.17) is 6.42 Å². The first-order chi connectivity index (χ1) is 8.13. The largest absolute Gasteiger partial charge is 0.469 e. The van der Waals surface area contributed by atoms with Gasteiger partial charge in [-0.05, 0) is 0 Å². The van der Waals surface area contributed by atoms with Crippen LogP contribution < -0.4 is 0 Å². The Hall–Kier alpha value is -1.54. The van der Waals surface area contributed by atoms with Crippen LogP contribution in [0.4, 0.5) is 0 Å². The van der Waals surface area contributed by atoms with E-state index in [2.05, 4.69) is 15.4 Å². The van der Waals surface area contributed by atoms with Gasteiger partial charge in [-0.25, -0.2) is 0 Å². The number of esters is 2. The lowest BCUT2D eigenvalue weighted by molar-refractivity contribution is -0.141. The summed E-state index contributed by atoms with van der Waals surface area (Å²) in [5.41, 5.74) is 0. The normalized spacial score (nSPS) is 9.76. The van der Waals surface area contributed by atoms with Crippen molar-refractivity contribution in [2.75, 3.05) is 33.9 Å². The SMILES string of the molecule is C#CCCN(CCC(=O)OC)CCC(=O)OC. The fourth-order valence-electron chi connectivity index (χ4n) is 1.26. The Labute approximate surface area is 102 Å². The summed E-state index contributed by atoms with van der Waals surface area (Å²) in [6, 6.07) is 0. The lowest BCUT2D eigenvalue weighted by Crippen LogP contribution is -2.30. The third kappa shape index (κ3) is 8.29. The van der Waals surface area contributed by atoms with Crippen LogP contribution in [0.15, 0.2) is 0 Å². The van der Waals surface area contributed by atoms with Gasteiger partial charge >= 0.3 is 11.9 Å². The van der Waals surface area contributed by atoms with Gasteiger partial charge in [0.1, 0.15) is 0 Å². The first-order valence-corrected chi connectivity index (χ1v) is 5.43. The molecule has 0 aromatic heterocycles. The summed E-state index contributed by atoms with van der Waals surface area (Å²) in [6.07, 6.45) is 6.35. The fourth-order valence-corrected chi connectivity index (χ4v) is 1.26. The predicted molar refractivity (Wildman–Crippen MR) is 63.2 cm³/mol. The standard InChI is InChI=1S/C12H19NO4/c1-4-5-8-13(9-6-11(14)16-2)10-7-12(15)17-3/h1H,5-10H2,2-3H3. The van der Waals surface area contributed by atoms with E-state index in [9.17, 15) is 9.59 Å². The number of nitrogens with zero attached hydrogens (tertiary/aromatic N) is 1. The van der Waals surface area contributed by atoms with Gasteiger partial charge < -0.3 is 14.4 Å². The number of rotatable bonds is 8. The number of carbonyl (C=O) groups excluding carboxylic acids is 2. The molecule has 0 bridgehead atoms. The summed E-state index contributed by atoms with van der Waals surface area (Å²) in [5.74, 6) is 1.99. The Bertz CT molecular complexity index is 263. The van der Waals surface area contributed by atoms with E-state index in [0.717, 1.165) is 0 Å². The molecule has 0 aliphatic rings. The summed E-state index contributed by atoms with van der Waals surface area (Å²) in [4.78, 5) is 24.0. The van der Waals surface area contributed by atoms with E-state index in [0.29, 0.717) is 38.9 Å². The average Bonchev–Trinajstić information content (AvgIpc) is 2.36. The first kappa shape index (κ1) is 15.5. The van der Waals surface area contributed by atoms with Gasteiger partial charge in [0.25, 0.3) is 0 Å². The molecule has 0 rings (SSSR count). The summed E-state index contributed by atoms with van der Waals surface area (Å²) in [5, 5.41) is 0. The molecule has 0 unspecified atom stereocenters. The molecule has 5 nitrogen and oxygen atoms in total. The molecule has 5 heteroatoms. The number of hydrogen-bond acceptors (Lipinski definition) is 5. The highest BCUT2D eigenvalue weighted by Gasteiger charge is 2.10.